The summed E-state index contributed by atoms with van der Waals surface area (Å²) in [5.41, 5.74) is 7.47. The van der Waals surface area contributed by atoms with Gasteiger partial charge in [-0.05, 0) is 90.4 Å². The normalized spacial score (nSPS) is 14.6. The molecule has 0 unspecified atom stereocenters. The van der Waals surface area contributed by atoms with Gasteiger partial charge < -0.3 is 25.2 Å². The number of hydrogen-bond acceptors (Lipinski definition) is 6. The molecule has 6 heteroatoms. The standard InChI is InChI=1S/C44H56O5S/c1-41(2,3)31-15-25-13-27-17-33(43(7,8)9)21-35(39(27)47)50-36-22-34(44(10,11)12)18-28(40(36)48)14-26-16-32(42(4,5)6)20-30(38(26)46)24-49-23-29(19-31)37(25)45/h15-22,45-48H,13-14,23-24H2,1-12H3. The molecule has 0 aliphatic carbocycles. The van der Waals surface area contributed by atoms with Crippen LogP contribution < -0.4 is 0 Å². The molecule has 0 saturated heterocycles. The lowest BCUT2D eigenvalue weighted by Gasteiger charge is -2.26. The average Bonchev–Trinajstić information content (AvgIpc) is 2.97. The molecule has 1 heterocycles. The Bertz CT molecular complexity index is 1790. The number of phenolic OH excluding ortho intramolecular Hbond substituents is 4. The van der Waals surface area contributed by atoms with Crippen molar-refractivity contribution in [3.8, 4) is 23.0 Å². The van der Waals surface area contributed by atoms with Crippen molar-refractivity contribution in [3.63, 3.8) is 0 Å². The summed E-state index contributed by atoms with van der Waals surface area (Å²) >= 11 is 1.35. The molecule has 0 amide bonds. The van der Waals surface area contributed by atoms with E-state index in [0.29, 0.717) is 56.0 Å². The van der Waals surface area contributed by atoms with Gasteiger partial charge in [0.25, 0.3) is 0 Å². The predicted molar refractivity (Wildman–Crippen MR) is 205 cm³/mol. The first-order chi connectivity index (χ1) is 22.9. The molecule has 5 nitrogen and oxygen atoms in total. The van der Waals surface area contributed by atoms with E-state index in [1.54, 1.807) is 0 Å². The van der Waals surface area contributed by atoms with Gasteiger partial charge in [0, 0.05) is 24.0 Å². The molecule has 0 aromatic heterocycles. The Hall–Kier alpha value is -3.61. The minimum atomic E-state index is -0.225. The van der Waals surface area contributed by atoms with Crippen LogP contribution in [0.25, 0.3) is 0 Å². The Morgan fingerprint density at radius 3 is 0.960 bits per heavy atom. The van der Waals surface area contributed by atoms with Gasteiger partial charge in [-0.25, -0.2) is 0 Å². The van der Waals surface area contributed by atoms with Gasteiger partial charge in [0.05, 0.1) is 23.0 Å². The molecule has 50 heavy (non-hydrogen) atoms. The maximum absolute atomic E-state index is 11.9. The predicted octanol–water partition coefficient (Wildman–Crippen LogP) is 11.1. The van der Waals surface area contributed by atoms with Crippen molar-refractivity contribution < 1.29 is 25.2 Å². The van der Waals surface area contributed by atoms with Crippen LogP contribution in [0.1, 0.15) is 139 Å². The van der Waals surface area contributed by atoms with Crippen molar-refractivity contribution >= 4 is 11.8 Å². The number of rotatable bonds is 0. The summed E-state index contributed by atoms with van der Waals surface area (Å²) < 4.78 is 6.29. The first-order valence-electron chi connectivity index (χ1n) is 17.6. The number of hydrogen-bond donors (Lipinski definition) is 4. The lowest BCUT2D eigenvalue weighted by Crippen LogP contribution is -2.14. The highest BCUT2D eigenvalue weighted by Gasteiger charge is 2.27. The van der Waals surface area contributed by atoms with E-state index in [1.807, 2.05) is 48.5 Å². The number of aromatic hydroxyl groups is 4. The van der Waals surface area contributed by atoms with Crippen molar-refractivity contribution in [2.24, 2.45) is 0 Å². The largest absolute Gasteiger partial charge is 0.507 e. The molecular weight excluding hydrogens is 641 g/mol. The molecule has 5 rings (SSSR count). The van der Waals surface area contributed by atoms with Crippen LogP contribution in [0.15, 0.2) is 58.3 Å². The molecule has 0 atom stereocenters. The summed E-state index contributed by atoms with van der Waals surface area (Å²) in [7, 11) is 0. The molecule has 1 aliphatic rings. The van der Waals surface area contributed by atoms with Crippen LogP contribution >= 0.6 is 11.8 Å². The third kappa shape index (κ3) is 7.97. The summed E-state index contributed by atoms with van der Waals surface area (Å²) in [5, 5.41) is 47.3. The summed E-state index contributed by atoms with van der Waals surface area (Å²) in [6.45, 7) is 26.0. The highest BCUT2D eigenvalue weighted by atomic mass is 32.2. The molecular formula is C44H56O5S. The molecule has 4 N–H and O–H groups in total. The number of phenols is 4. The van der Waals surface area contributed by atoms with Gasteiger partial charge in [0.1, 0.15) is 23.0 Å². The van der Waals surface area contributed by atoms with E-state index in [2.05, 4.69) is 83.1 Å². The Kier molecular flexibility index (Phi) is 9.92. The Morgan fingerprint density at radius 2 is 0.660 bits per heavy atom. The highest BCUT2D eigenvalue weighted by Crippen LogP contribution is 2.47. The molecule has 0 spiro atoms. The van der Waals surface area contributed by atoms with E-state index in [1.165, 1.54) is 11.8 Å². The Balaban J connectivity index is 1.83. The van der Waals surface area contributed by atoms with Crippen LogP contribution in [-0.2, 0) is 52.5 Å². The van der Waals surface area contributed by atoms with E-state index in [9.17, 15) is 20.4 Å². The SMILES string of the molecule is CC(C)(C)c1cc2c(O)c(c1)Cc1cc(C(C)(C)C)cc(c1O)Sc1cc(C(C)(C)C)cc(c1O)Cc1cc(C(C)(C)C)cc(c1O)COC2. The van der Waals surface area contributed by atoms with Crippen molar-refractivity contribution in [3.05, 3.63) is 104 Å². The third-order valence-electron chi connectivity index (χ3n) is 9.80. The molecule has 0 radical (unpaired) electrons. The molecule has 0 saturated carbocycles. The molecule has 0 fully saturated rings. The van der Waals surface area contributed by atoms with Crippen molar-refractivity contribution in [2.75, 3.05) is 0 Å². The maximum Gasteiger partial charge on any atom is 0.133 e. The van der Waals surface area contributed by atoms with Crippen LogP contribution in [0.2, 0.25) is 0 Å². The van der Waals surface area contributed by atoms with Crippen LogP contribution in [0, 0.1) is 0 Å². The topological polar surface area (TPSA) is 90.2 Å². The molecule has 4 aromatic carbocycles. The third-order valence-corrected chi connectivity index (χ3v) is 10.9. The van der Waals surface area contributed by atoms with E-state index < -0.39 is 0 Å². The zero-order chi connectivity index (χ0) is 37.1. The number of benzene rings is 4. The van der Waals surface area contributed by atoms with Crippen LogP contribution in [0.4, 0.5) is 0 Å². The van der Waals surface area contributed by atoms with Crippen LogP contribution in [0.5, 0.6) is 23.0 Å². The van der Waals surface area contributed by atoms with Crippen molar-refractivity contribution in [2.45, 2.75) is 141 Å². The summed E-state index contributed by atoms with van der Waals surface area (Å²) in [4.78, 5) is 1.27. The van der Waals surface area contributed by atoms with Crippen molar-refractivity contribution in [1.82, 2.24) is 0 Å². The lowest BCUT2D eigenvalue weighted by atomic mass is 9.82. The summed E-state index contributed by atoms with van der Waals surface area (Å²) in [6, 6.07) is 16.2. The van der Waals surface area contributed by atoms with Gasteiger partial charge in [0.15, 0.2) is 0 Å². The second-order valence-electron chi connectivity index (χ2n) is 18.2. The fraction of sp³-hybridized carbons (Fsp3) is 0.455. The van der Waals surface area contributed by atoms with Gasteiger partial charge >= 0.3 is 0 Å². The fourth-order valence-corrected chi connectivity index (χ4v) is 7.36. The molecule has 268 valence electrons. The van der Waals surface area contributed by atoms with E-state index in [-0.39, 0.29) is 57.9 Å². The first-order valence-corrected chi connectivity index (χ1v) is 18.4. The Morgan fingerprint density at radius 1 is 0.400 bits per heavy atom. The molecule has 4 aromatic rings. The fourth-order valence-electron chi connectivity index (χ4n) is 6.30. The first kappa shape index (κ1) is 37.6. The minimum absolute atomic E-state index is 0.129. The van der Waals surface area contributed by atoms with E-state index in [4.69, 9.17) is 4.74 Å². The second kappa shape index (κ2) is 13.2. The minimum Gasteiger partial charge on any atom is -0.507 e. The maximum atomic E-state index is 11.9. The van der Waals surface area contributed by atoms with Gasteiger partial charge in [-0.1, -0.05) is 119 Å². The van der Waals surface area contributed by atoms with Crippen molar-refractivity contribution in [1.29, 1.82) is 0 Å². The smallest absolute Gasteiger partial charge is 0.133 e. The quantitative estimate of drug-likeness (QED) is 0.146. The highest BCUT2D eigenvalue weighted by molar-refractivity contribution is 7.99. The monoisotopic (exact) mass is 696 g/mol. The average molecular weight is 697 g/mol. The molecule has 8 bridgehead atoms. The van der Waals surface area contributed by atoms with E-state index >= 15 is 0 Å². The van der Waals surface area contributed by atoms with Gasteiger partial charge in [-0.15, -0.1) is 0 Å². The lowest BCUT2D eigenvalue weighted by molar-refractivity contribution is 0.103. The van der Waals surface area contributed by atoms with Gasteiger partial charge in [-0.2, -0.15) is 0 Å². The van der Waals surface area contributed by atoms with E-state index in [0.717, 1.165) is 22.3 Å². The zero-order valence-electron chi connectivity index (χ0n) is 32.1. The van der Waals surface area contributed by atoms with Crippen LogP contribution in [-0.4, -0.2) is 20.4 Å². The second-order valence-corrected chi connectivity index (χ2v) is 19.3. The summed E-state index contributed by atoms with van der Waals surface area (Å²) in [5.74, 6) is 0.541. The summed E-state index contributed by atoms with van der Waals surface area (Å²) in [6.07, 6.45) is 0.617. The molecule has 1 aliphatic heterocycles. The number of ether oxygens (including phenoxy) is 1. The van der Waals surface area contributed by atoms with Gasteiger partial charge in [0.2, 0.25) is 0 Å². The Labute approximate surface area is 303 Å². The van der Waals surface area contributed by atoms with Gasteiger partial charge in [-0.3, -0.25) is 0 Å². The van der Waals surface area contributed by atoms with Crippen LogP contribution in [0.3, 0.4) is 0 Å². The zero-order valence-corrected chi connectivity index (χ0v) is 32.9. The number of fused-ring (bicyclic) bond motifs is 8.